The normalized spacial score (nSPS) is 21.6. The van der Waals surface area contributed by atoms with Crippen molar-refractivity contribution in [3.05, 3.63) is 11.1 Å². The molecular weight excluding hydrogens is 210 g/mol. The van der Waals surface area contributed by atoms with Crippen LogP contribution in [-0.2, 0) is 14.3 Å². The van der Waals surface area contributed by atoms with E-state index in [1.54, 1.807) is 11.9 Å². The number of carboxylic acids is 1. The molecule has 0 saturated carbocycles. The molecule has 1 saturated heterocycles. The van der Waals surface area contributed by atoms with E-state index in [-0.39, 0.29) is 23.1 Å². The second-order valence-electron chi connectivity index (χ2n) is 3.99. The van der Waals surface area contributed by atoms with Gasteiger partial charge >= 0.3 is 5.97 Å². The number of hydrogen-bond acceptors (Lipinski definition) is 3. The first kappa shape index (κ1) is 12.7. The topological polar surface area (TPSA) is 66.8 Å². The highest BCUT2D eigenvalue weighted by Gasteiger charge is 2.26. The molecule has 16 heavy (non-hydrogen) atoms. The third-order valence-corrected chi connectivity index (χ3v) is 2.98. The SMILES string of the molecule is CC(C(=O)O)=C(C)C(=O)N(C)C1CCOC1. The number of rotatable bonds is 3. The maximum Gasteiger partial charge on any atom is 0.331 e. The van der Waals surface area contributed by atoms with Crippen LogP contribution in [0.4, 0.5) is 0 Å². The summed E-state index contributed by atoms with van der Waals surface area (Å²) in [5.41, 5.74) is 0.373. The molecule has 1 rings (SSSR count). The average Bonchev–Trinajstić information content (AvgIpc) is 2.78. The van der Waals surface area contributed by atoms with Crippen LogP contribution in [0, 0.1) is 0 Å². The quantitative estimate of drug-likeness (QED) is 0.719. The number of nitrogens with zero attached hydrogens (tertiary/aromatic N) is 1. The summed E-state index contributed by atoms with van der Waals surface area (Å²) in [4.78, 5) is 24.2. The van der Waals surface area contributed by atoms with Gasteiger partial charge in [-0.25, -0.2) is 4.79 Å². The number of likely N-dealkylation sites (N-methyl/N-ethyl adjacent to an activating group) is 1. The maximum atomic E-state index is 11.9. The summed E-state index contributed by atoms with van der Waals surface area (Å²) in [5.74, 6) is -1.29. The zero-order valence-corrected chi connectivity index (χ0v) is 9.82. The molecule has 1 atom stereocenters. The van der Waals surface area contributed by atoms with Crippen molar-refractivity contribution < 1.29 is 19.4 Å². The Bertz CT molecular complexity index is 329. The zero-order chi connectivity index (χ0) is 12.3. The molecule has 0 aromatic heterocycles. The van der Waals surface area contributed by atoms with Gasteiger partial charge in [0.15, 0.2) is 0 Å². The molecule has 0 spiro atoms. The Labute approximate surface area is 94.7 Å². The first-order valence-electron chi connectivity index (χ1n) is 5.20. The summed E-state index contributed by atoms with van der Waals surface area (Å²) in [5, 5.41) is 8.80. The number of aliphatic carboxylic acids is 1. The van der Waals surface area contributed by atoms with Crippen LogP contribution < -0.4 is 0 Å². The zero-order valence-electron chi connectivity index (χ0n) is 9.82. The van der Waals surface area contributed by atoms with Crippen LogP contribution in [0.2, 0.25) is 0 Å². The minimum atomic E-state index is -1.05. The third kappa shape index (κ3) is 2.61. The molecule has 0 aliphatic carbocycles. The fourth-order valence-electron chi connectivity index (χ4n) is 1.58. The number of carboxylic acid groups (broad SMARTS) is 1. The fraction of sp³-hybridized carbons (Fsp3) is 0.636. The van der Waals surface area contributed by atoms with Crippen LogP contribution in [0.25, 0.3) is 0 Å². The van der Waals surface area contributed by atoms with Gasteiger partial charge in [-0.05, 0) is 20.3 Å². The van der Waals surface area contributed by atoms with Crippen molar-refractivity contribution >= 4 is 11.9 Å². The standard InChI is InChI=1S/C11H17NO4/c1-7(8(2)11(14)15)10(13)12(3)9-4-5-16-6-9/h9H,4-6H2,1-3H3,(H,14,15). The predicted octanol–water partition coefficient (Wildman–Crippen LogP) is 0.655. The molecule has 0 aromatic rings. The second kappa shape index (κ2) is 5.12. The van der Waals surface area contributed by atoms with Crippen molar-refractivity contribution in [2.24, 2.45) is 0 Å². The molecule has 1 unspecified atom stereocenters. The van der Waals surface area contributed by atoms with Crippen LogP contribution in [0.1, 0.15) is 20.3 Å². The van der Waals surface area contributed by atoms with Crippen molar-refractivity contribution in [3.8, 4) is 0 Å². The first-order chi connectivity index (χ1) is 7.45. The summed E-state index contributed by atoms with van der Waals surface area (Å²) < 4.78 is 5.19. The monoisotopic (exact) mass is 227 g/mol. The smallest absolute Gasteiger partial charge is 0.331 e. The van der Waals surface area contributed by atoms with E-state index in [2.05, 4.69) is 0 Å². The summed E-state index contributed by atoms with van der Waals surface area (Å²) in [6.07, 6.45) is 0.807. The molecule has 0 radical (unpaired) electrons. The lowest BCUT2D eigenvalue weighted by Gasteiger charge is -2.23. The van der Waals surface area contributed by atoms with Gasteiger partial charge in [0.25, 0.3) is 0 Å². The van der Waals surface area contributed by atoms with Gasteiger partial charge in [-0.15, -0.1) is 0 Å². The Hall–Kier alpha value is -1.36. The minimum absolute atomic E-state index is 0.0593. The van der Waals surface area contributed by atoms with Gasteiger partial charge in [-0.2, -0.15) is 0 Å². The fourth-order valence-corrected chi connectivity index (χ4v) is 1.58. The van der Waals surface area contributed by atoms with Crippen LogP contribution in [-0.4, -0.2) is 48.2 Å². The lowest BCUT2D eigenvalue weighted by Crippen LogP contribution is -2.38. The van der Waals surface area contributed by atoms with E-state index in [1.807, 2.05) is 0 Å². The third-order valence-electron chi connectivity index (χ3n) is 2.98. The molecule has 1 heterocycles. The van der Waals surface area contributed by atoms with Gasteiger partial charge in [0.05, 0.1) is 12.6 Å². The van der Waals surface area contributed by atoms with Gasteiger partial charge in [-0.1, -0.05) is 0 Å². The lowest BCUT2D eigenvalue weighted by molar-refractivity contribution is -0.134. The molecule has 5 nitrogen and oxygen atoms in total. The average molecular weight is 227 g/mol. The van der Waals surface area contributed by atoms with Crippen LogP contribution >= 0.6 is 0 Å². The van der Waals surface area contributed by atoms with Gasteiger partial charge in [0.1, 0.15) is 0 Å². The van der Waals surface area contributed by atoms with Crippen molar-refractivity contribution in [1.82, 2.24) is 4.90 Å². The molecule has 1 fully saturated rings. The van der Waals surface area contributed by atoms with Gasteiger partial charge in [0, 0.05) is 24.8 Å². The van der Waals surface area contributed by atoms with Gasteiger partial charge in [0.2, 0.25) is 5.91 Å². The Morgan fingerprint density at radius 1 is 1.31 bits per heavy atom. The number of ether oxygens (including phenoxy) is 1. The van der Waals surface area contributed by atoms with Crippen molar-refractivity contribution in [1.29, 1.82) is 0 Å². The number of hydrogen-bond donors (Lipinski definition) is 1. The summed E-state index contributed by atoms with van der Waals surface area (Å²) in [6.45, 7) is 4.16. The van der Waals surface area contributed by atoms with E-state index < -0.39 is 5.97 Å². The summed E-state index contributed by atoms with van der Waals surface area (Å²) >= 11 is 0. The Kier molecular flexibility index (Phi) is 4.06. The summed E-state index contributed by atoms with van der Waals surface area (Å²) in [6, 6.07) is 0.0593. The Morgan fingerprint density at radius 3 is 2.38 bits per heavy atom. The van der Waals surface area contributed by atoms with Crippen LogP contribution in [0.3, 0.4) is 0 Å². The molecule has 0 bridgehead atoms. The van der Waals surface area contributed by atoms with Crippen molar-refractivity contribution in [2.45, 2.75) is 26.3 Å². The van der Waals surface area contributed by atoms with Crippen LogP contribution in [0.5, 0.6) is 0 Å². The van der Waals surface area contributed by atoms with E-state index in [9.17, 15) is 9.59 Å². The number of carbonyl (C=O) groups excluding carboxylic acids is 1. The van der Waals surface area contributed by atoms with E-state index in [0.717, 1.165) is 6.42 Å². The van der Waals surface area contributed by atoms with Crippen molar-refractivity contribution in [3.63, 3.8) is 0 Å². The Balaban J connectivity index is 2.77. The van der Waals surface area contributed by atoms with E-state index >= 15 is 0 Å². The molecular formula is C11H17NO4. The highest BCUT2D eigenvalue weighted by Crippen LogP contribution is 2.15. The largest absolute Gasteiger partial charge is 0.478 e. The molecule has 1 aliphatic rings. The maximum absolute atomic E-state index is 11.9. The number of amides is 1. The van der Waals surface area contributed by atoms with Crippen LogP contribution in [0.15, 0.2) is 11.1 Å². The second-order valence-corrected chi connectivity index (χ2v) is 3.99. The molecule has 1 aliphatic heterocycles. The van der Waals surface area contributed by atoms with Crippen molar-refractivity contribution in [2.75, 3.05) is 20.3 Å². The van der Waals surface area contributed by atoms with Gasteiger partial charge in [-0.3, -0.25) is 4.79 Å². The molecule has 90 valence electrons. The van der Waals surface area contributed by atoms with E-state index in [1.165, 1.54) is 13.8 Å². The highest BCUT2D eigenvalue weighted by molar-refractivity contribution is 6.01. The Morgan fingerprint density at radius 2 is 1.94 bits per heavy atom. The van der Waals surface area contributed by atoms with Gasteiger partial charge < -0.3 is 14.7 Å². The number of carbonyl (C=O) groups is 2. The highest BCUT2D eigenvalue weighted by atomic mass is 16.5. The lowest BCUT2D eigenvalue weighted by atomic mass is 10.1. The summed E-state index contributed by atoms with van der Waals surface area (Å²) in [7, 11) is 1.68. The first-order valence-corrected chi connectivity index (χ1v) is 5.20. The molecule has 1 amide bonds. The van der Waals surface area contributed by atoms with E-state index in [4.69, 9.17) is 9.84 Å². The molecule has 1 N–H and O–H groups in total. The molecule has 0 aromatic carbocycles. The van der Waals surface area contributed by atoms with E-state index in [0.29, 0.717) is 13.2 Å². The minimum Gasteiger partial charge on any atom is -0.478 e. The predicted molar refractivity (Wildman–Crippen MR) is 58.0 cm³/mol. The molecule has 5 heteroatoms.